The molecule has 0 amide bonds. The molecule has 1 aliphatic rings. The van der Waals surface area contributed by atoms with E-state index >= 15 is 0 Å². The lowest BCUT2D eigenvalue weighted by Crippen LogP contribution is -1.90. The van der Waals surface area contributed by atoms with Gasteiger partial charge in [-0.1, -0.05) is 6.07 Å². The predicted octanol–water partition coefficient (Wildman–Crippen LogP) is 1.88. The van der Waals surface area contributed by atoms with Gasteiger partial charge in [0.2, 0.25) is 0 Å². The number of aromatic nitrogens is 1. The van der Waals surface area contributed by atoms with E-state index in [1.54, 1.807) is 0 Å². The topological polar surface area (TPSA) is 58.9 Å². The lowest BCUT2D eigenvalue weighted by Gasteiger charge is -1.97. The Morgan fingerprint density at radius 3 is 3.00 bits per heavy atom. The van der Waals surface area contributed by atoms with Crippen molar-refractivity contribution in [2.75, 3.05) is 5.73 Å². The van der Waals surface area contributed by atoms with Gasteiger partial charge in [-0.05, 0) is 24.1 Å². The first-order chi connectivity index (χ1) is 6.77. The molecule has 3 N–H and O–H groups in total. The summed E-state index contributed by atoms with van der Waals surface area (Å²) in [6, 6.07) is 5.73. The van der Waals surface area contributed by atoms with E-state index in [0.717, 1.165) is 34.3 Å². The van der Waals surface area contributed by atoms with Crippen molar-refractivity contribution in [1.82, 2.24) is 4.98 Å². The Bertz CT molecular complexity index is 539. The molecule has 3 heteroatoms. The summed E-state index contributed by atoms with van der Waals surface area (Å²) in [5, 5.41) is 1.04. The maximum Gasteiger partial charge on any atom is 0.179 e. The number of anilines is 1. The number of carbonyl (C=O) groups excluding carboxylic acids is 1. The van der Waals surface area contributed by atoms with Gasteiger partial charge in [0.1, 0.15) is 0 Å². The van der Waals surface area contributed by atoms with Gasteiger partial charge < -0.3 is 10.7 Å². The van der Waals surface area contributed by atoms with Gasteiger partial charge in [-0.15, -0.1) is 0 Å². The minimum Gasteiger partial charge on any atom is -0.398 e. The number of aryl methyl sites for hydroxylation is 1. The van der Waals surface area contributed by atoms with Gasteiger partial charge in [0, 0.05) is 23.0 Å². The molecule has 0 unspecified atom stereocenters. The third-order valence-electron chi connectivity index (χ3n) is 2.84. The van der Waals surface area contributed by atoms with Crippen LogP contribution < -0.4 is 5.73 Å². The van der Waals surface area contributed by atoms with Crippen LogP contribution >= 0.6 is 0 Å². The second-order valence-electron chi connectivity index (χ2n) is 3.67. The Morgan fingerprint density at radius 1 is 1.29 bits per heavy atom. The van der Waals surface area contributed by atoms with E-state index in [1.165, 1.54) is 0 Å². The number of ketones is 1. The number of hydrogen-bond acceptors (Lipinski definition) is 2. The van der Waals surface area contributed by atoms with Crippen molar-refractivity contribution in [3.8, 4) is 0 Å². The number of carbonyl (C=O) groups is 1. The fourth-order valence-electron chi connectivity index (χ4n) is 2.20. The number of rotatable bonds is 0. The van der Waals surface area contributed by atoms with E-state index in [1.807, 2.05) is 18.2 Å². The Morgan fingerprint density at radius 2 is 2.14 bits per heavy atom. The number of hydrogen-bond donors (Lipinski definition) is 2. The van der Waals surface area contributed by atoms with Crippen molar-refractivity contribution in [1.29, 1.82) is 0 Å². The summed E-state index contributed by atoms with van der Waals surface area (Å²) < 4.78 is 0. The van der Waals surface area contributed by atoms with Crippen LogP contribution in [0.3, 0.4) is 0 Å². The SMILES string of the molecule is Nc1cccc2[nH]c3c(c12)CCC3=O. The Labute approximate surface area is 80.9 Å². The fraction of sp³-hybridized carbons (Fsp3) is 0.182. The van der Waals surface area contributed by atoms with E-state index in [0.29, 0.717) is 6.42 Å². The first kappa shape index (κ1) is 7.62. The number of benzene rings is 1. The summed E-state index contributed by atoms with van der Waals surface area (Å²) >= 11 is 0. The first-order valence-electron chi connectivity index (χ1n) is 4.69. The number of fused-ring (bicyclic) bond motifs is 3. The van der Waals surface area contributed by atoms with Crippen molar-refractivity contribution in [2.45, 2.75) is 12.8 Å². The van der Waals surface area contributed by atoms with Crippen LogP contribution in [0.5, 0.6) is 0 Å². The average Bonchev–Trinajstić information content (AvgIpc) is 2.68. The van der Waals surface area contributed by atoms with E-state index in [2.05, 4.69) is 4.98 Å². The number of nitrogens with two attached hydrogens (primary N) is 1. The molecule has 0 saturated heterocycles. The van der Waals surface area contributed by atoms with Gasteiger partial charge in [0.25, 0.3) is 0 Å². The molecule has 2 aromatic rings. The van der Waals surface area contributed by atoms with Crippen molar-refractivity contribution >= 4 is 22.4 Å². The zero-order valence-corrected chi connectivity index (χ0v) is 7.63. The molecule has 1 aliphatic carbocycles. The van der Waals surface area contributed by atoms with Crippen LogP contribution in [0.4, 0.5) is 5.69 Å². The smallest absolute Gasteiger partial charge is 0.179 e. The molecule has 3 rings (SSSR count). The van der Waals surface area contributed by atoms with Crippen LogP contribution in [0, 0.1) is 0 Å². The van der Waals surface area contributed by atoms with Crippen molar-refractivity contribution in [3.63, 3.8) is 0 Å². The van der Waals surface area contributed by atoms with Crippen LogP contribution in [-0.4, -0.2) is 10.8 Å². The van der Waals surface area contributed by atoms with Crippen LogP contribution in [0.25, 0.3) is 10.9 Å². The molecule has 0 spiro atoms. The van der Waals surface area contributed by atoms with Gasteiger partial charge in [0.15, 0.2) is 5.78 Å². The highest BCUT2D eigenvalue weighted by atomic mass is 16.1. The molecule has 0 saturated carbocycles. The molecular formula is C11H10N2O. The summed E-state index contributed by atoms with van der Waals surface area (Å²) in [6.45, 7) is 0. The number of aromatic amines is 1. The quantitative estimate of drug-likeness (QED) is 0.617. The monoisotopic (exact) mass is 186 g/mol. The molecule has 0 aliphatic heterocycles. The third-order valence-corrected chi connectivity index (χ3v) is 2.84. The second-order valence-corrected chi connectivity index (χ2v) is 3.67. The third kappa shape index (κ3) is 0.789. The van der Waals surface area contributed by atoms with Crippen molar-refractivity contribution in [2.24, 2.45) is 0 Å². The minimum absolute atomic E-state index is 0.204. The largest absolute Gasteiger partial charge is 0.398 e. The van der Waals surface area contributed by atoms with Crippen LogP contribution in [0.2, 0.25) is 0 Å². The summed E-state index contributed by atoms with van der Waals surface area (Å²) in [4.78, 5) is 14.6. The predicted molar refractivity (Wildman–Crippen MR) is 55.4 cm³/mol. The van der Waals surface area contributed by atoms with Crippen LogP contribution in [-0.2, 0) is 6.42 Å². The molecule has 1 heterocycles. The lowest BCUT2D eigenvalue weighted by molar-refractivity contribution is 0.0991. The molecule has 1 aromatic heterocycles. The molecule has 0 atom stereocenters. The Balaban J connectivity index is 2.47. The molecule has 1 aromatic carbocycles. The highest BCUT2D eigenvalue weighted by molar-refractivity contribution is 6.08. The van der Waals surface area contributed by atoms with Gasteiger partial charge in [-0.3, -0.25) is 4.79 Å². The highest BCUT2D eigenvalue weighted by Gasteiger charge is 2.24. The van der Waals surface area contributed by atoms with E-state index in [4.69, 9.17) is 5.73 Å². The summed E-state index contributed by atoms with van der Waals surface area (Å²) in [6.07, 6.45) is 1.44. The summed E-state index contributed by atoms with van der Waals surface area (Å²) in [5.41, 5.74) is 9.48. The normalized spacial score (nSPS) is 15.0. The minimum atomic E-state index is 0.204. The maximum absolute atomic E-state index is 11.5. The number of Topliss-reactive ketones (excluding diaryl/α,β-unsaturated/α-hetero) is 1. The Kier molecular flexibility index (Phi) is 1.29. The number of H-pyrrole nitrogens is 1. The zero-order chi connectivity index (χ0) is 9.71. The lowest BCUT2D eigenvalue weighted by atomic mass is 10.1. The maximum atomic E-state index is 11.5. The van der Waals surface area contributed by atoms with E-state index in [-0.39, 0.29) is 5.78 Å². The molecular weight excluding hydrogens is 176 g/mol. The average molecular weight is 186 g/mol. The van der Waals surface area contributed by atoms with Crippen LogP contribution in [0.15, 0.2) is 18.2 Å². The second kappa shape index (κ2) is 2.38. The van der Waals surface area contributed by atoms with E-state index < -0.39 is 0 Å². The molecule has 0 bridgehead atoms. The summed E-state index contributed by atoms with van der Waals surface area (Å²) in [5.74, 6) is 0.204. The van der Waals surface area contributed by atoms with Gasteiger partial charge >= 0.3 is 0 Å². The molecule has 14 heavy (non-hydrogen) atoms. The molecule has 70 valence electrons. The number of nitrogen functional groups attached to an aromatic ring is 1. The molecule has 0 fully saturated rings. The van der Waals surface area contributed by atoms with Crippen molar-refractivity contribution < 1.29 is 4.79 Å². The van der Waals surface area contributed by atoms with Gasteiger partial charge in [0.05, 0.1) is 5.69 Å². The Hall–Kier alpha value is -1.77. The molecule has 3 nitrogen and oxygen atoms in total. The molecule has 0 radical (unpaired) electrons. The highest BCUT2D eigenvalue weighted by Crippen LogP contribution is 2.33. The zero-order valence-electron chi connectivity index (χ0n) is 7.63. The fourth-order valence-corrected chi connectivity index (χ4v) is 2.20. The van der Waals surface area contributed by atoms with Crippen molar-refractivity contribution in [3.05, 3.63) is 29.5 Å². The van der Waals surface area contributed by atoms with E-state index in [9.17, 15) is 4.79 Å². The standard InChI is InChI=1S/C11H10N2O/c12-7-2-1-3-8-10(7)6-4-5-9(14)11(6)13-8/h1-3,13H,4-5,12H2. The van der Waals surface area contributed by atoms with Crippen LogP contribution in [0.1, 0.15) is 22.5 Å². The first-order valence-corrected chi connectivity index (χ1v) is 4.69. The van der Waals surface area contributed by atoms with Gasteiger partial charge in [-0.25, -0.2) is 0 Å². The number of nitrogens with one attached hydrogen (secondary N) is 1. The summed E-state index contributed by atoms with van der Waals surface area (Å²) in [7, 11) is 0. The van der Waals surface area contributed by atoms with Gasteiger partial charge in [-0.2, -0.15) is 0 Å².